The quantitative estimate of drug-likeness (QED) is 0.782. The van der Waals surface area contributed by atoms with Gasteiger partial charge in [-0.05, 0) is 6.07 Å². The highest BCUT2D eigenvalue weighted by molar-refractivity contribution is 6.33. The highest BCUT2D eigenvalue weighted by Crippen LogP contribution is 2.29. The minimum absolute atomic E-state index is 0.689. The fraction of sp³-hybridized carbons (Fsp3) is 0.267. The topological polar surface area (TPSA) is 58.4 Å². The Hall–Kier alpha value is -2.18. The lowest BCUT2D eigenvalue weighted by Crippen LogP contribution is -2.44. The molecule has 2 aromatic heterocycles. The minimum atomic E-state index is 0.689. The van der Waals surface area contributed by atoms with Crippen molar-refractivity contribution in [2.45, 2.75) is 0 Å². The van der Waals surface area contributed by atoms with Gasteiger partial charge in [0, 0.05) is 36.8 Å². The Morgan fingerprint density at radius 2 is 1.95 bits per heavy atom. The Bertz CT molecular complexity index is 809. The molecule has 1 saturated heterocycles. The van der Waals surface area contributed by atoms with Gasteiger partial charge >= 0.3 is 0 Å². The van der Waals surface area contributed by atoms with E-state index in [1.807, 2.05) is 34.9 Å². The standard InChI is InChI=1S/C15H15ClN6/c16-12-4-2-1-3-11(12)13-9-18-14(15-20-19-10-22(13)15)21-7-5-17-6-8-21/h1-4,9-10,17H,5-8H2. The lowest BCUT2D eigenvalue weighted by Gasteiger charge is -2.28. The van der Waals surface area contributed by atoms with Crippen LogP contribution in [0, 0.1) is 0 Å². The van der Waals surface area contributed by atoms with Crippen molar-refractivity contribution < 1.29 is 0 Å². The summed E-state index contributed by atoms with van der Waals surface area (Å²) < 4.78 is 1.95. The van der Waals surface area contributed by atoms with E-state index in [0.29, 0.717) is 5.02 Å². The van der Waals surface area contributed by atoms with Crippen LogP contribution in [0.15, 0.2) is 36.8 Å². The predicted octanol–water partition coefficient (Wildman–Crippen LogP) is 1.85. The molecule has 0 atom stereocenters. The second-order valence-electron chi connectivity index (χ2n) is 5.21. The van der Waals surface area contributed by atoms with E-state index in [1.54, 1.807) is 6.33 Å². The van der Waals surface area contributed by atoms with Gasteiger partial charge in [-0.1, -0.05) is 29.8 Å². The van der Waals surface area contributed by atoms with Gasteiger partial charge in [-0.2, -0.15) is 0 Å². The van der Waals surface area contributed by atoms with Crippen LogP contribution in [0.3, 0.4) is 0 Å². The zero-order valence-electron chi connectivity index (χ0n) is 11.9. The maximum atomic E-state index is 6.31. The number of piperazine rings is 1. The van der Waals surface area contributed by atoms with E-state index < -0.39 is 0 Å². The summed E-state index contributed by atoms with van der Waals surface area (Å²) in [7, 11) is 0. The van der Waals surface area contributed by atoms with Crippen molar-refractivity contribution in [3.8, 4) is 11.3 Å². The third-order valence-corrected chi connectivity index (χ3v) is 4.21. The third-order valence-electron chi connectivity index (χ3n) is 3.88. The Labute approximate surface area is 132 Å². The van der Waals surface area contributed by atoms with Crippen LogP contribution >= 0.6 is 11.6 Å². The summed E-state index contributed by atoms with van der Waals surface area (Å²) in [5, 5.41) is 12.3. The van der Waals surface area contributed by atoms with Crippen molar-refractivity contribution in [1.29, 1.82) is 0 Å². The molecule has 3 aromatic rings. The Kier molecular flexibility index (Phi) is 3.40. The SMILES string of the molecule is Clc1ccccc1-c1cnc(N2CCNCC2)c2nncn12. The number of nitrogens with zero attached hydrogens (tertiary/aromatic N) is 5. The molecule has 22 heavy (non-hydrogen) atoms. The molecule has 1 aliphatic heterocycles. The van der Waals surface area contributed by atoms with Crippen molar-refractivity contribution in [2.24, 2.45) is 0 Å². The van der Waals surface area contributed by atoms with Gasteiger partial charge in [0.15, 0.2) is 5.82 Å². The maximum Gasteiger partial charge on any atom is 0.204 e. The zero-order valence-corrected chi connectivity index (χ0v) is 12.7. The van der Waals surface area contributed by atoms with E-state index in [4.69, 9.17) is 11.6 Å². The molecule has 3 heterocycles. The third kappa shape index (κ3) is 2.20. The van der Waals surface area contributed by atoms with Gasteiger partial charge in [-0.15, -0.1) is 10.2 Å². The minimum Gasteiger partial charge on any atom is -0.351 e. The molecule has 0 amide bonds. The van der Waals surface area contributed by atoms with Crippen molar-refractivity contribution >= 4 is 23.1 Å². The van der Waals surface area contributed by atoms with Crippen molar-refractivity contribution in [1.82, 2.24) is 24.9 Å². The molecule has 1 aliphatic rings. The van der Waals surface area contributed by atoms with Gasteiger partial charge in [-0.3, -0.25) is 4.40 Å². The molecule has 1 fully saturated rings. The Morgan fingerprint density at radius 1 is 1.14 bits per heavy atom. The number of hydrogen-bond acceptors (Lipinski definition) is 5. The maximum absolute atomic E-state index is 6.31. The summed E-state index contributed by atoms with van der Waals surface area (Å²) in [4.78, 5) is 6.87. The van der Waals surface area contributed by atoms with Gasteiger partial charge in [0.25, 0.3) is 0 Å². The normalized spacial score (nSPS) is 15.4. The summed E-state index contributed by atoms with van der Waals surface area (Å²) >= 11 is 6.31. The van der Waals surface area contributed by atoms with Gasteiger partial charge < -0.3 is 10.2 Å². The monoisotopic (exact) mass is 314 g/mol. The van der Waals surface area contributed by atoms with E-state index in [9.17, 15) is 0 Å². The zero-order chi connectivity index (χ0) is 14.9. The number of rotatable bonds is 2. The van der Waals surface area contributed by atoms with E-state index in [2.05, 4.69) is 25.4 Å². The first-order valence-corrected chi connectivity index (χ1v) is 7.62. The molecule has 0 saturated carbocycles. The van der Waals surface area contributed by atoms with Crippen LogP contribution in [0.4, 0.5) is 5.82 Å². The first-order valence-electron chi connectivity index (χ1n) is 7.24. The molecule has 0 radical (unpaired) electrons. The second kappa shape index (κ2) is 5.55. The van der Waals surface area contributed by atoms with Crippen molar-refractivity contribution in [2.75, 3.05) is 31.1 Å². The van der Waals surface area contributed by atoms with E-state index in [1.165, 1.54) is 0 Å². The van der Waals surface area contributed by atoms with Gasteiger partial charge in [-0.25, -0.2) is 4.98 Å². The molecule has 0 bridgehead atoms. The molecule has 112 valence electrons. The van der Waals surface area contributed by atoms with Crippen LogP contribution in [0.1, 0.15) is 0 Å². The molecule has 4 rings (SSSR count). The van der Waals surface area contributed by atoms with Gasteiger partial charge in [0.1, 0.15) is 6.33 Å². The van der Waals surface area contributed by atoms with Crippen LogP contribution < -0.4 is 10.2 Å². The Morgan fingerprint density at radius 3 is 2.77 bits per heavy atom. The average molecular weight is 315 g/mol. The number of nitrogens with one attached hydrogen (secondary N) is 1. The summed E-state index contributed by atoms with van der Waals surface area (Å²) in [6.07, 6.45) is 3.55. The van der Waals surface area contributed by atoms with Crippen LogP contribution in [0.2, 0.25) is 5.02 Å². The summed E-state index contributed by atoms with van der Waals surface area (Å²) in [5.41, 5.74) is 2.58. The first kappa shape index (κ1) is 13.5. The fourth-order valence-electron chi connectivity index (χ4n) is 2.77. The number of fused-ring (bicyclic) bond motifs is 1. The van der Waals surface area contributed by atoms with E-state index in [-0.39, 0.29) is 0 Å². The van der Waals surface area contributed by atoms with Crippen LogP contribution in [-0.4, -0.2) is 45.8 Å². The molecule has 0 spiro atoms. The highest BCUT2D eigenvalue weighted by atomic mass is 35.5. The van der Waals surface area contributed by atoms with Crippen LogP contribution in [-0.2, 0) is 0 Å². The number of hydrogen-bond donors (Lipinski definition) is 1. The average Bonchev–Trinajstić information content (AvgIpc) is 3.05. The highest BCUT2D eigenvalue weighted by Gasteiger charge is 2.18. The van der Waals surface area contributed by atoms with E-state index in [0.717, 1.165) is 48.9 Å². The summed E-state index contributed by atoms with van der Waals surface area (Å²) in [6.45, 7) is 3.74. The molecule has 0 unspecified atom stereocenters. The van der Waals surface area contributed by atoms with Crippen LogP contribution in [0.25, 0.3) is 16.9 Å². The number of aromatic nitrogens is 4. The number of benzene rings is 1. The molecule has 6 nitrogen and oxygen atoms in total. The largest absolute Gasteiger partial charge is 0.351 e. The van der Waals surface area contributed by atoms with Gasteiger partial charge in [0.05, 0.1) is 11.9 Å². The number of halogens is 1. The van der Waals surface area contributed by atoms with Crippen molar-refractivity contribution in [3.05, 3.63) is 41.8 Å². The smallest absolute Gasteiger partial charge is 0.204 e. The summed E-state index contributed by atoms with van der Waals surface area (Å²) in [5.74, 6) is 0.870. The van der Waals surface area contributed by atoms with E-state index >= 15 is 0 Å². The number of anilines is 1. The first-order chi connectivity index (χ1) is 10.8. The second-order valence-corrected chi connectivity index (χ2v) is 5.62. The van der Waals surface area contributed by atoms with Gasteiger partial charge in [0.2, 0.25) is 5.65 Å². The lowest BCUT2D eigenvalue weighted by atomic mass is 10.1. The molecule has 1 aromatic carbocycles. The summed E-state index contributed by atoms with van der Waals surface area (Å²) in [6, 6.07) is 7.72. The molecular formula is C15H15ClN6. The van der Waals surface area contributed by atoms with Crippen LogP contribution in [0.5, 0.6) is 0 Å². The fourth-order valence-corrected chi connectivity index (χ4v) is 3.01. The Balaban J connectivity index is 1.86. The molecule has 1 N–H and O–H groups in total. The molecule has 0 aliphatic carbocycles. The predicted molar refractivity (Wildman–Crippen MR) is 86.3 cm³/mol. The molecule has 7 heteroatoms. The molecular weight excluding hydrogens is 300 g/mol. The van der Waals surface area contributed by atoms with Crippen molar-refractivity contribution in [3.63, 3.8) is 0 Å². The lowest BCUT2D eigenvalue weighted by molar-refractivity contribution is 0.585.